The van der Waals surface area contributed by atoms with E-state index in [0.717, 1.165) is 17.9 Å². The number of nitrogens with zero attached hydrogens (tertiary/aromatic N) is 2. The van der Waals surface area contributed by atoms with E-state index in [2.05, 4.69) is 0 Å². The van der Waals surface area contributed by atoms with Crippen LogP contribution in [0.15, 0.2) is 29.2 Å². The summed E-state index contributed by atoms with van der Waals surface area (Å²) in [7, 11) is -2.54. The van der Waals surface area contributed by atoms with E-state index in [1.165, 1.54) is 29.6 Å². The van der Waals surface area contributed by atoms with Crippen LogP contribution < -0.4 is 4.74 Å². The van der Waals surface area contributed by atoms with E-state index in [0.29, 0.717) is 18.8 Å². The van der Waals surface area contributed by atoms with Crippen molar-refractivity contribution in [2.24, 2.45) is 0 Å². The predicted octanol–water partition coefficient (Wildman–Crippen LogP) is 2.19. The molecular weight excluding hydrogens is 436 g/mol. The van der Waals surface area contributed by atoms with Crippen molar-refractivity contribution in [1.29, 1.82) is 0 Å². The van der Waals surface area contributed by atoms with Crippen LogP contribution in [0.4, 0.5) is 0 Å². The fraction of sp³-hybridized carbons (Fsp3) is 0.455. The number of methoxy groups -OCH3 is 1. The molecule has 1 fully saturated rings. The van der Waals surface area contributed by atoms with Gasteiger partial charge in [0.05, 0.1) is 25.9 Å². The highest BCUT2D eigenvalue weighted by Gasteiger charge is 2.30. The highest BCUT2D eigenvalue weighted by Crippen LogP contribution is 2.28. The van der Waals surface area contributed by atoms with E-state index >= 15 is 0 Å². The van der Waals surface area contributed by atoms with Crippen LogP contribution in [0, 0.1) is 13.8 Å². The predicted molar refractivity (Wildman–Crippen MR) is 117 cm³/mol. The molecule has 1 aromatic heterocycles. The first kappa shape index (κ1) is 24.0. The molecule has 1 aromatic carbocycles. The molecule has 2 aromatic rings. The first-order valence-corrected chi connectivity index (χ1v) is 11.8. The van der Waals surface area contributed by atoms with Crippen LogP contribution in [-0.2, 0) is 26.0 Å². The van der Waals surface area contributed by atoms with E-state index in [1.807, 2.05) is 25.3 Å². The molecule has 0 bridgehead atoms. The first-order chi connectivity index (χ1) is 15.2. The number of morpholine rings is 1. The van der Waals surface area contributed by atoms with Gasteiger partial charge >= 0.3 is 5.97 Å². The van der Waals surface area contributed by atoms with Crippen LogP contribution in [0.3, 0.4) is 0 Å². The van der Waals surface area contributed by atoms with Crippen LogP contribution >= 0.6 is 0 Å². The Morgan fingerprint density at radius 1 is 1.12 bits per heavy atom. The van der Waals surface area contributed by atoms with Crippen molar-refractivity contribution in [2.75, 3.05) is 40.0 Å². The molecule has 0 aliphatic carbocycles. The third-order valence-electron chi connectivity index (χ3n) is 5.51. The molecule has 1 aliphatic rings. The van der Waals surface area contributed by atoms with Crippen molar-refractivity contribution < 1.29 is 32.2 Å². The number of hydrogen-bond acceptors (Lipinski definition) is 7. The summed E-state index contributed by atoms with van der Waals surface area (Å²) in [6, 6.07) is 5.81. The van der Waals surface area contributed by atoms with Gasteiger partial charge < -0.3 is 18.8 Å². The molecule has 1 aliphatic heterocycles. The van der Waals surface area contributed by atoms with Gasteiger partial charge in [0, 0.05) is 36.6 Å². The third kappa shape index (κ3) is 4.72. The number of ketones is 1. The molecule has 174 valence electrons. The standard InChI is InChI=1S/C22H28N2O7S/c1-5-24-15(2)12-18(16(24)3)19(25)14-31-22(26)17-6-7-20(29-4)21(13-17)32(27,28)23-8-10-30-11-9-23/h6-7,12-13H,5,8-11,14H2,1-4H3. The topological polar surface area (TPSA) is 104 Å². The second-order valence-electron chi connectivity index (χ2n) is 7.41. The number of Topliss-reactive ketones (excluding diaryl/α,β-unsaturated/α-hetero) is 1. The molecule has 0 radical (unpaired) electrons. The van der Waals surface area contributed by atoms with Gasteiger partial charge in [0.2, 0.25) is 15.8 Å². The number of aromatic nitrogens is 1. The summed E-state index contributed by atoms with van der Waals surface area (Å²) in [6.45, 7) is 7.05. The van der Waals surface area contributed by atoms with Gasteiger partial charge in [-0.2, -0.15) is 4.31 Å². The molecule has 9 nitrogen and oxygen atoms in total. The van der Waals surface area contributed by atoms with Gasteiger partial charge in [0.1, 0.15) is 10.6 Å². The summed E-state index contributed by atoms with van der Waals surface area (Å²) >= 11 is 0. The van der Waals surface area contributed by atoms with Crippen LogP contribution in [0.5, 0.6) is 5.75 Å². The molecular formula is C22H28N2O7S. The number of ether oxygens (including phenoxy) is 3. The molecule has 0 N–H and O–H groups in total. The molecule has 2 heterocycles. The fourth-order valence-corrected chi connectivity index (χ4v) is 5.38. The number of esters is 1. The maximum Gasteiger partial charge on any atom is 0.338 e. The van der Waals surface area contributed by atoms with Crippen molar-refractivity contribution in [3.63, 3.8) is 0 Å². The normalized spacial score (nSPS) is 14.9. The van der Waals surface area contributed by atoms with E-state index in [9.17, 15) is 18.0 Å². The summed E-state index contributed by atoms with van der Waals surface area (Å²) in [5.41, 5.74) is 2.29. The summed E-state index contributed by atoms with van der Waals surface area (Å²) in [6.07, 6.45) is 0. The molecule has 1 saturated heterocycles. The molecule has 0 saturated carbocycles. The van der Waals surface area contributed by atoms with Gasteiger partial charge in [0.25, 0.3) is 0 Å². The van der Waals surface area contributed by atoms with E-state index in [-0.39, 0.29) is 35.1 Å². The fourth-order valence-electron chi connectivity index (χ4n) is 3.79. The lowest BCUT2D eigenvalue weighted by atomic mass is 10.1. The highest BCUT2D eigenvalue weighted by molar-refractivity contribution is 7.89. The molecule has 3 rings (SSSR count). The monoisotopic (exact) mass is 464 g/mol. The van der Waals surface area contributed by atoms with E-state index < -0.39 is 22.6 Å². The maximum absolute atomic E-state index is 13.1. The Morgan fingerprint density at radius 2 is 1.81 bits per heavy atom. The van der Waals surface area contributed by atoms with Gasteiger partial charge in [-0.15, -0.1) is 0 Å². The molecule has 0 atom stereocenters. The summed E-state index contributed by atoms with van der Waals surface area (Å²) in [5, 5.41) is 0. The Hall–Kier alpha value is -2.69. The molecule has 0 spiro atoms. The second kappa shape index (κ2) is 9.85. The first-order valence-electron chi connectivity index (χ1n) is 10.3. The molecule has 10 heteroatoms. The van der Waals surface area contributed by atoms with E-state index in [4.69, 9.17) is 14.2 Å². The number of hydrogen-bond donors (Lipinski definition) is 0. The average Bonchev–Trinajstić information content (AvgIpc) is 3.10. The second-order valence-corrected chi connectivity index (χ2v) is 9.32. The smallest absolute Gasteiger partial charge is 0.338 e. The van der Waals surface area contributed by atoms with Crippen molar-refractivity contribution in [2.45, 2.75) is 32.2 Å². The SMILES string of the molecule is CCn1c(C)cc(C(=O)COC(=O)c2ccc(OC)c(S(=O)(=O)N3CCOCC3)c2)c1C. The van der Waals surface area contributed by atoms with Crippen LogP contribution in [-0.4, -0.2) is 69.1 Å². The lowest BCUT2D eigenvalue weighted by Gasteiger charge is -2.26. The zero-order valence-corrected chi connectivity index (χ0v) is 19.5. The van der Waals surface area contributed by atoms with Crippen molar-refractivity contribution in [1.82, 2.24) is 8.87 Å². The van der Waals surface area contributed by atoms with Crippen LogP contribution in [0.25, 0.3) is 0 Å². The quantitative estimate of drug-likeness (QED) is 0.436. The summed E-state index contributed by atoms with van der Waals surface area (Å²) in [5.74, 6) is -0.985. The number of aryl methyl sites for hydroxylation is 1. The molecule has 0 unspecified atom stereocenters. The minimum absolute atomic E-state index is 0.0180. The largest absolute Gasteiger partial charge is 0.495 e. The Bertz CT molecular complexity index is 1120. The van der Waals surface area contributed by atoms with Gasteiger partial charge in [-0.05, 0) is 45.0 Å². The lowest BCUT2D eigenvalue weighted by Crippen LogP contribution is -2.40. The third-order valence-corrected chi connectivity index (χ3v) is 7.43. The number of benzene rings is 1. The zero-order chi connectivity index (χ0) is 23.5. The van der Waals surface area contributed by atoms with Gasteiger partial charge in [-0.3, -0.25) is 4.79 Å². The molecule has 32 heavy (non-hydrogen) atoms. The van der Waals surface area contributed by atoms with Crippen LogP contribution in [0.1, 0.15) is 39.0 Å². The minimum atomic E-state index is -3.89. The van der Waals surface area contributed by atoms with E-state index in [1.54, 1.807) is 6.07 Å². The van der Waals surface area contributed by atoms with Gasteiger partial charge in [-0.25, -0.2) is 13.2 Å². The van der Waals surface area contributed by atoms with Crippen molar-refractivity contribution in [3.8, 4) is 5.75 Å². The van der Waals surface area contributed by atoms with Crippen LogP contribution in [0.2, 0.25) is 0 Å². The summed E-state index contributed by atoms with van der Waals surface area (Å²) in [4.78, 5) is 25.1. The zero-order valence-electron chi connectivity index (χ0n) is 18.7. The lowest BCUT2D eigenvalue weighted by molar-refractivity contribution is 0.0474. The Balaban J connectivity index is 1.79. The van der Waals surface area contributed by atoms with Crippen molar-refractivity contribution >= 4 is 21.8 Å². The molecule has 0 amide bonds. The number of carbonyl (C=O) groups excluding carboxylic acids is 2. The van der Waals surface area contributed by atoms with Gasteiger partial charge in [-0.1, -0.05) is 0 Å². The summed E-state index contributed by atoms with van der Waals surface area (Å²) < 4.78 is 45.1. The maximum atomic E-state index is 13.1. The average molecular weight is 465 g/mol. The number of rotatable bonds is 8. The number of sulfonamides is 1. The highest BCUT2D eigenvalue weighted by atomic mass is 32.2. The van der Waals surface area contributed by atoms with Gasteiger partial charge in [0.15, 0.2) is 6.61 Å². The Kier molecular flexibility index (Phi) is 7.37. The minimum Gasteiger partial charge on any atom is -0.495 e. The van der Waals surface area contributed by atoms with Crippen molar-refractivity contribution in [3.05, 3.63) is 46.8 Å². The Labute approximate surface area is 187 Å². The number of carbonyl (C=O) groups is 2. The Morgan fingerprint density at radius 3 is 2.41 bits per heavy atom.